The van der Waals surface area contributed by atoms with Gasteiger partial charge in [-0.05, 0) is 41.3 Å². The second-order valence-electron chi connectivity index (χ2n) is 4.92. The predicted molar refractivity (Wildman–Crippen MR) is 93.1 cm³/mol. The SMILES string of the molecule is C=C(C)OS(=O)(=O)c1cccc2cc3ccccc3cc12.[MgH2]. The molecule has 0 saturated heterocycles. The van der Waals surface area contributed by atoms with Crippen LogP contribution in [0.1, 0.15) is 6.92 Å². The quantitative estimate of drug-likeness (QED) is 0.321. The molecule has 3 aromatic carbocycles. The van der Waals surface area contributed by atoms with Crippen molar-refractivity contribution in [3.63, 3.8) is 0 Å². The van der Waals surface area contributed by atoms with Gasteiger partial charge in [-0.1, -0.05) is 43.0 Å². The summed E-state index contributed by atoms with van der Waals surface area (Å²) in [6.45, 7) is 5.01. The van der Waals surface area contributed by atoms with E-state index in [1.807, 2.05) is 42.5 Å². The lowest BCUT2D eigenvalue weighted by atomic mass is 10.0. The number of hydrogen-bond acceptors (Lipinski definition) is 3. The van der Waals surface area contributed by atoms with E-state index in [0.717, 1.165) is 16.2 Å². The Bertz CT molecular complexity index is 962. The summed E-state index contributed by atoms with van der Waals surface area (Å²) in [4.78, 5) is 0.161. The zero-order valence-corrected chi connectivity index (χ0v) is 12.4. The van der Waals surface area contributed by atoms with E-state index in [-0.39, 0.29) is 33.7 Å². The van der Waals surface area contributed by atoms with Crippen LogP contribution in [0.5, 0.6) is 0 Å². The molecule has 0 radical (unpaired) electrons. The molecule has 0 bridgehead atoms. The van der Waals surface area contributed by atoms with Crippen molar-refractivity contribution in [1.29, 1.82) is 0 Å². The molecule has 0 aliphatic rings. The lowest BCUT2D eigenvalue weighted by Gasteiger charge is -2.10. The molecular weight excluding hydrogens is 309 g/mol. The van der Waals surface area contributed by atoms with Crippen molar-refractivity contribution in [3.8, 4) is 0 Å². The van der Waals surface area contributed by atoms with Crippen LogP contribution in [-0.4, -0.2) is 31.5 Å². The molecular formula is C17H16MgO3S. The third-order valence-electron chi connectivity index (χ3n) is 3.23. The molecule has 3 rings (SSSR count). The first-order valence-corrected chi connectivity index (χ1v) is 7.90. The van der Waals surface area contributed by atoms with E-state index in [1.54, 1.807) is 12.1 Å². The van der Waals surface area contributed by atoms with Gasteiger partial charge in [-0.25, -0.2) is 0 Å². The largest absolute Gasteiger partial charge is 0.384 e. The van der Waals surface area contributed by atoms with Gasteiger partial charge in [0.05, 0.1) is 0 Å². The Morgan fingerprint density at radius 3 is 2.18 bits per heavy atom. The van der Waals surface area contributed by atoms with Gasteiger partial charge in [0.1, 0.15) is 10.7 Å². The van der Waals surface area contributed by atoms with Gasteiger partial charge in [0.2, 0.25) is 0 Å². The van der Waals surface area contributed by atoms with Gasteiger partial charge in [0.25, 0.3) is 0 Å². The summed E-state index contributed by atoms with van der Waals surface area (Å²) in [5, 5.41) is 3.57. The molecule has 110 valence electrons. The van der Waals surface area contributed by atoms with Crippen molar-refractivity contribution in [2.75, 3.05) is 0 Å². The van der Waals surface area contributed by atoms with Gasteiger partial charge in [-0.3, -0.25) is 0 Å². The highest BCUT2D eigenvalue weighted by Crippen LogP contribution is 2.29. The first kappa shape index (κ1) is 16.8. The number of hydrogen-bond donors (Lipinski definition) is 0. The van der Waals surface area contributed by atoms with Crippen LogP contribution in [-0.2, 0) is 14.3 Å². The normalized spacial score (nSPS) is 11.1. The van der Waals surface area contributed by atoms with Gasteiger partial charge >= 0.3 is 33.2 Å². The maximum absolute atomic E-state index is 12.3. The first-order chi connectivity index (χ1) is 9.97. The van der Waals surface area contributed by atoms with Crippen molar-refractivity contribution in [1.82, 2.24) is 0 Å². The van der Waals surface area contributed by atoms with E-state index < -0.39 is 10.1 Å². The van der Waals surface area contributed by atoms with Crippen molar-refractivity contribution >= 4 is 54.7 Å². The molecule has 22 heavy (non-hydrogen) atoms. The molecule has 0 aliphatic carbocycles. The number of rotatable bonds is 3. The van der Waals surface area contributed by atoms with Crippen molar-refractivity contribution in [3.05, 3.63) is 66.9 Å². The Morgan fingerprint density at radius 1 is 0.955 bits per heavy atom. The Kier molecular flexibility index (Phi) is 4.80. The van der Waals surface area contributed by atoms with Gasteiger partial charge in [-0.15, -0.1) is 0 Å². The molecule has 0 atom stereocenters. The molecule has 3 nitrogen and oxygen atoms in total. The van der Waals surface area contributed by atoms with Crippen LogP contribution in [0.15, 0.2) is 71.8 Å². The van der Waals surface area contributed by atoms with Crippen molar-refractivity contribution < 1.29 is 12.6 Å². The Hall–Kier alpha value is -1.56. The van der Waals surface area contributed by atoms with Crippen LogP contribution >= 0.6 is 0 Å². The average Bonchev–Trinajstić information content (AvgIpc) is 2.43. The van der Waals surface area contributed by atoms with Gasteiger partial charge in [0.15, 0.2) is 0 Å². The van der Waals surface area contributed by atoms with Crippen LogP contribution in [0.4, 0.5) is 0 Å². The molecule has 0 spiro atoms. The van der Waals surface area contributed by atoms with Crippen LogP contribution in [0.25, 0.3) is 21.5 Å². The van der Waals surface area contributed by atoms with Crippen LogP contribution in [0.2, 0.25) is 0 Å². The summed E-state index contributed by atoms with van der Waals surface area (Å²) in [7, 11) is -3.85. The minimum absolute atomic E-state index is 0. The molecule has 0 amide bonds. The lowest BCUT2D eigenvalue weighted by Crippen LogP contribution is -2.05. The summed E-state index contributed by atoms with van der Waals surface area (Å²) in [6.07, 6.45) is 0. The third-order valence-corrected chi connectivity index (χ3v) is 4.63. The Labute approximate surface area is 145 Å². The summed E-state index contributed by atoms with van der Waals surface area (Å²) >= 11 is 0. The van der Waals surface area contributed by atoms with E-state index in [2.05, 4.69) is 6.58 Å². The van der Waals surface area contributed by atoms with Gasteiger partial charge < -0.3 is 4.18 Å². The zero-order valence-electron chi connectivity index (χ0n) is 11.5. The Morgan fingerprint density at radius 2 is 1.55 bits per heavy atom. The van der Waals surface area contributed by atoms with Gasteiger partial charge in [-0.2, -0.15) is 8.42 Å². The van der Waals surface area contributed by atoms with Crippen LogP contribution in [0, 0.1) is 0 Å². The molecule has 5 heteroatoms. The molecule has 0 heterocycles. The third kappa shape index (κ3) is 3.11. The molecule has 0 aliphatic heterocycles. The van der Waals surface area contributed by atoms with E-state index in [1.165, 1.54) is 6.92 Å². The number of fused-ring (bicyclic) bond motifs is 2. The molecule has 0 unspecified atom stereocenters. The minimum Gasteiger partial charge on any atom is -0.384 e. The number of allylic oxidation sites excluding steroid dienone is 1. The maximum atomic E-state index is 12.3. The van der Waals surface area contributed by atoms with Crippen molar-refractivity contribution in [2.24, 2.45) is 0 Å². The standard InChI is InChI=1S/C17H14O3S.Mg.2H/c1-12(2)20-21(18,19)17-9-5-8-15-10-13-6-3-4-7-14(13)11-16(15)17;;;/h3-11H,1H2,2H3;;;. The van der Waals surface area contributed by atoms with Crippen LogP contribution < -0.4 is 0 Å². The predicted octanol–water partition coefficient (Wildman–Crippen LogP) is 3.32. The fourth-order valence-electron chi connectivity index (χ4n) is 2.39. The highest BCUT2D eigenvalue weighted by molar-refractivity contribution is 7.87. The fourth-order valence-corrected chi connectivity index (χ4v) is 3.54. The highest BCUT2D eigenvalue weighted by atomic mass is 32.2. The summed E-state index contributed by atoms with van der Waals surface area (Å²) in [5.74, 6) is 0.146. The lowest BCUT2D eigenvalue weighted by molar-refractivity contribution is 0.411. The molecule has 0 saturated carbocycles. The number of benzene rings is 3. The summed E-state index contributed by atoms with van der Waals surface area (Å²) < 4.78 is 29.5. The average molecular weight is 325 g/mol. The molecule has 0 aromatic heterocycles. The van der Waals surface area contributed by atoms with Crippen molar-refractivity contribution in [2.45, 2.75) is 11.8 Å². The minimum atomic E-state index is -3.85. The molecule has 0 fully saturated rings. The van der Waals surface area contributed by atoms with E-state index >= 15 is 0 Å². The molecule has 0 N–H and O–H groups in total. The van der Waals surface area contributed by atoms with E-state index in [4.69, 9.17) is 4.18 Å². The highest BCUT2D eigenvalue weighted by Gasteiger charge is 2.19. The van der Waals surface area contributed by atoms with Crippen LogP contribution in [0.3, 0.4) is 0 Å². The second kappa shape index (κ2) is 6.28. The van der Waals surface area contributed by atoms with E-state index in [9.17, 15) is 8.42 Å². The summed E-state index contributed by atoms with van der Waals surface area (Å²) in [5.41, 5.74) is 0. The zero-order chi connectivity index (χ0) is 15.0. The smallest absolute Gasteiger partial charge is 0.339 e. The fraction of sp³-hybridized carbons (Fsp3) is 0.0588. The maximum Gasteiger partial charge on any atom is 0.339 e. The van der Waals surface area contributed by atoms with E-state index in [0.29, 0.717) is 5.39 Å². The monoisotopic (exact) mass is 324 g/mol. The second-order valence-corrected chi connectivity index (χ2v) is 6.43. The first-order valence-electron chi connectivity index (χ1n) is 6.49. The Balaban J connectivity index is 0.00000176. The molecule has 3 aromatic rings. The topological polar surface area (TPSA) is 43.4 Å². The van der Waals surface area contributed by atoms with Gasteiger partial charge in [0, 0.05) is 5.39 Å². The summed E-state index contributed by atoms with van der Waals surface area (Å²) in [6, 6.07) is 16.8.